The molecule has 1 aliphatic rings. The van der Waals surface area contributed by atoms with Crippen molar-refractivity contribution in [3.8, 4) is 0 Å². The first-order valence-corrected chi connectivity index (χ1v) is 8.51. The lowest BCUT2D eigenvalue weighted by molar-refractivity contribution is -0.121. The SMILES string of the molecule is O=C1CC(Sc2ccccn2)C(=O)N1c1ccc(Cl)cc1Br. The van der Waals surface area contributed by atoms with Crippen LogP contribution in [0.15, 0.2) is 52.1 Å². The number of hydrogen-bond acceptors (Lipinski definition) is 4. The fourth-order valence-electron chi connectivity index (χ4n) is 2.17. The molecule has 0 aliphatic carbocycles. The molecular formula is C15H10BrClN2O2S. The lowest BCUT2D eigenvalue weighted by Crippen LogP contribution is -2.31. The maximum Gasteiger partial charge on any atom is 0.247 e. The normalized spacial score (nSPS) is 18.1. The molecule has 2 amide bonds. The molecule has 2 aromatic rings. The summed E-state index contributed by atoms with van der Waals surface area (Å²) >= 11 is 10.6. The molecule has 22 heavy (non-hydrogen) atoms. The number of benzene rings is 1. The van der Waals surface area contributed by atoms with Crippen molar-refractivity contribution in [1.29, 1.82) is 0 Å². The summed E-state index contributed by atoms with van der Waals surface area (Å²) in [5.74, 6) is -0.454. The fourth-order valence-corrected chi connectivity index (χ4v) is 4.04. The summed E-state index contributed by atoms with van der Waals surface area (Å²) in [6.45, 7) is 0. The molecule has 0 bridgehead atoms. The highest BCUT2D eigenvalue weighted by atomic mass is 79.9. The molecule has 0 saturated carbocycles. The van der Waals surface area contributed by atoms with Crippen LogP contribution in [0.4, 0.5) is 5.69 Å². The molecule has 1 saturated heterocycles. The lowest BCUT2D eigenvalue weighted by Gasteiger charge is -2.16. The van der Waals surface area contributed by atoms with Crippen LogP contribution in [0.2, 0.25) is 5.02 Å². The fraction of sp³-hybridized carbons (Fsp3) is 0.133. The van der Waals surface area contributed by atoms with E-state index in [-0.39, 0.29) is 18.2 Å². The molecule has 1 unspecified atom stereocenters. The van der Waals surface area contributed by atoms with Crippen molar-refractivity contribution >= 4 is 56.8 Å². The monoisotopic (exact) mass is 396 g/mol. The van der Waals surface area contributed by atoms with E-state index in [2.05, 4.69) is 20.9 Å². The van der Waals surface area contributed by atoms with E-state index in [0.717, 1.165) is 5.03 Å². The standard InChI is InChI=1S/C15H10BrClN2O2S/c16-10-7-9(17)4-5-11(10)19-14(20)8-12(15(19)21)22-13-3-1-2-6-18-13/h1-7,12H,8H2. The van der Waals surface area contributed by atoms with Crippen molar-refractivity contribution < 1.29 is 9.59 Å². The van der Waals surface area contributed by atoms with Crippen molar-refractivity contribution in [3.63, 3.8) is 0 Å². The van der Waals surface area contributed by atoms with Crippen LogP contribution in [0.5, 0.6) is 0 Å². The molecule has 3 rings (SSSR count). The van der Waals surface area contributed by atoms with Gasteiger partial charge in [0.05, 0.1) is 16.0 Å². The number of anilines is 1. The smallest absolute Gasteiger partial charge is 0.247 e. The summed E-state index contributed by atoms with van der Waals surface area (Å²) in [7, 11) is 0. The second kappa shape index (κ2) is 6.40. The number of halogens is 2. The van der Waals surface area contributed by atoms with Gasteiger partial charge in [-0.3, -0.25) is 9.59 Å². The largest absolute Gasteiger partial charge is 0.274 e. The summed E-state index contributed by atoms with van der Waals surface area (Å²) in [5.41, 5.74) is 0.517. The van der Waals surface area contributed by atoms with Crippen molar-refractivity contribution in [1.82, 2.24) is 4.98 Å². The van der Waals surface area contributed by atoms with Gasteiger partial charge < -0.3 is 0 Å². The topological polar surface area (TPSA) is 50.3 Å². The molecule has 1 fully saturated rings. The average molecular weight is 398 g/mol. The zero-order valence-corrected chi connectivity index (χ0v) is 14.4. The van der Waals surface area contributed by atoms with Gasteiger partial charge in [-0.15, -0.1) is 0 Å². The molecule has 7 heteroatoms. The molecule has 0 spiro atoms. The number of nitrogens with zero attached hydrogens (tertiary/aromatic N) is 2. The molecule has 1 atom stereocenters. The Morgan fingerprint density at radius 3 is 2.77 bits per heavy atom. The predicted molar refractivity (Wildman–Crippen MR) is 90.1 cm³/mol. The van der Waals surface area contributed by atoms with Gasteiger partial charge >= 0.3 is 0 Å². The lowest BCUT2D eigenvalue weighted by atomic mass is 10.3. The molecule has 0 radical (unpaired) electrons. The number of carbonyl (C=O) groups excluding carboxylic acids is 2. The second-order valence-electron chi connectivity index (χ2n) is 4.64. The van der Waals surface area contributed by atoms with E-state index in [1.54, 1.807) is 24.4 Å². The van der Waals surface area contributed by atoms with Crippen LogP contribution in [0, 0.1) is 0 Å². The van der Waals surface area contributed by atoms with Crippen molar-refractivity contribution in [2.24, 2.45) is 0 Å². The average Bonchev–Trinajstić information content (AvgIpc) is 2.75. The number of carbonyl (C=O) groups is 2. The Bertz CT molecular complexity index is 742. The summed E-state index contributed by atoms with van der Waals surface area (Å²) in [4.78, 5) is 30.2. The minimum Gasteiger partial charge on any atom is -0.274 e. The van der Waals surface area contributed by atoms with Crippen LogP contribution in [0.25, 0.3) is 0 Å². The van der Waals surface area contributed by atoms with Crippen molar-refractivity contribution in [3.05, 3.63) is 52.1 Å². The first-order chi connectivity index (χ1) is 10.6. The summed E-state index contributed by atoms with van der Waals surface area (Å²) in [6, 6.07) is 10.5. The maximum absolute atomic E-state index is 12.6. The highest BCUT2D eigenvalue weighted by Crippen LogP contribution is 2.36. The molecule has 112 valence electrons. The van der Waals surface area contributed by atoms with E-state index in [4.69, 9.17) is 11.6 Å². The highest BCUT2D eigenvalue weighted by molar-refractivity contribution is 9.10. The number of imide groups is 1. The highest BCUT2D eigenvalue weighted by Gasteiger charge is 2.41. The third-order valence-corrected chi connectivity index (χ3v) is 5.16. The van der Waals surface area contributed by atoms with Crippen LogP contribution in [0.3, 0.4) is 0 Å². The maximum atomic E-state index is 12.6. The molecule has 1 aromatic carbocycles. The molecule has 1 aromatic heterocycles. The predicted octanol–water partition coefficient (Wildman–Crippen LogP) is 3.92. The van der Waals surface area contributed by atoms with E-state index in [1.807, 2.05) is 18.2 Å². The molecular weight excluding hydrogens is 388 g/mol. The molecule has 2 heterocycles. The van der Waals surface area contributed by atoms with Crippen LogP contribution >= 0.6 is 39.3 Å². The number of rotatable bonds is 3. The third-order valence-electron chi connectivity index (χ3n) is 3.16. The third kappa shape index (κ3) is 3.04. The van der Waals surface area contributed by atoms with Gasteiger partial charge in [-0.25, -0.2) is 9.88 Å². The van der Waals surface area contributed by atoms with E-state index in [0.29, 0.717) is 15.2 Å². The van der Waals surface area contributed by atoms with Crippen LogP contribution in [0.1, 0.15) is 6.42 Å². The summed E-state index contributed by atoms with van der Waals surface area (Å²) in [5, 5.41) is 0.810. The van der Waals surface area contributed by atoms with Crippen LogP contribution < -0.4 is 4.90 Å². The van der Waals surface area contributed by atoms with Gasteiger partial charge in [0, 0.05) is 22.1 Å². The van der Waals surface area contributed by atoms with Gasteiger partial charge in [0.15, 0.2) is 0 Å². The first-order valence-electron chi connectivity index (χ1n) is 6.46. The Hall–Kier alpha value is -1.37. The second-order valence-corrected chi connectivity index (χ2v) is 7.16. The number of aromatic nitrogens is 1. The van der Waals surface area contributed by atoms with E-state index in [9.17, 15) is 9.59 Å². The number of thioether (sulfide) groups is 1. The van der Waals surface area contributed by atoms with Gasteiger partial charge in [0.1, 0.15) is 0 Å². The zero-order chi connectivity index (χ0) is 15.7. The molecule has 4 nitrogen and oxygen atoms in total. The Labute approximate surface area is 145 Å². The number of hydrogen-bond donors (Lipinski definition) is 0. The van der Waals surface area contributed by atoms with E-state index in [1.165, 1.54) is 16.7 Å². The van der Waals surface area contributed by atoms with Crippen molar-refractivity contribution in [2.45, 2.75) is 16.7 Å². The van der Waals surface area contributed by atoms with Gasteiger partial charge in [-0.2, -0.15) is 0 Å². The Balaban J connectivity index is 1.85. The van der Waals surface area contributed by atoms with Gasteiger partial charge in [-0.1, -0.05) is 29.4 Å². The summed E-state index contributed by atoms with van der Waals surface area (Å²) in [6.07, 6.45) is 1.83. The van der Waals surface area contributed by atoms with Crippen LogP contribution in [-0.2, 0) is 9.59 Å². The number of amides is 2. The van der Waals surface area contributed by atoms with E-state index >= 15 is 0 Å². The van der Waals surface area contributed by atoms with Gasteiger partial charge in [0.25, 0.3) is 0 Å². The minimum absolute atomic E-state index is 0.162. The van der Waals surface area contributed by atoms with Gasteiger partial charge in [0.2, 0.25) is 11.8 Å². The van der Waals surface area contributed by atoms with Crippen molar-refractivity contribution in [2.75, 3.05) is 4.90 Å². The molecule has 1 aliphatic heterocycles. The first kappa shape index (κ1) is 15.5. The Morgan fingerprint density at radius 2 is 2.09 bits per heavy atom. The summed E-state index contributed by atoms with van der Waals surface area (Å²) < 4.78 is 0.616. The van der Waals surface area contributed by atoms with E-state index < -0.39 is 5.25 Å². The zero-order valence-electron chi connectivity index (χ0n) is 11.2. The van der Waals surface area contributed by atoms with Gasteiger partial charge in [-0.05, 0) is 46.3 Å². The van der Waals surface area contributed by atoms with Crippen LogP contribution in [-0.4, -0.2) is 22.0 Å². The quantitative estimate of drug-likeness (QED) is 0.737. The Morgan fingerprint density at radius 1 is 1.27 bits per heavy atom. The molecule has 0 N–H and O–H groups in total. The number of pyridine rings is 1. The minimum atomic E-state index is -0.454. The Kier molecular flexibility index (Phi) is 4.52.